The number of pyridine rings is 1. The number of amides is 1. The minimum absolute atomic E-state index is 0.0152. The van der Waals surface area contributed by atoms with Gasteiger partial charge < -0.3 is 10.4 Å². The Morgan fingerprint density at radius 1 is 1.19 bits per heavy atom. The van der Waals surface area contributed by atoms with Gasteiger partial charge in [0.25, 0.3) is 5.91 Å². The van der Waals surface area contributed by atoms with E-state index in [0.29, 0.717) is 4.47 Å². The largest absolute Gasteiger partial charge is 0.478 e. The van der Waals surface area contributed by atoms with Crippen molar-refractivity contribution in [3.8, 4) is 0 Å². The van der Waals surface area contributed by atoms with Crippen LogP contribution in [0.2, 0.25) is 10.0 Å². The number of hydrogen-bond acceptors (Lipinski definition) is 3. The van der Waals surface area contributed by atoms with E-state index < -0.39 is 11.9 Å². The highest BCUT2D eigenvalue weighted by Gasteiger charge is 2.18. The van der Waals surface area contributed by atoms with Gasteiger partial charge in [-0.15, -0.1) is 0 Å². The Morgan fingerprint density at radius 3 is 2.52 bits per heavy atom. The molecular weight excluding hydrogens is 383 g/mol. The molecule has 2 N–H and O–H groups in total. The van der Waals surface area contributed by atoms with Crippen LogP contribution in [0.25, 0.3) is 0 Å². The molecule has 21 heavy (non-hydrogen) atoms. The number of carbonyl (C=O) groups excluding carboxylic acids is 1. The van der Waals surface area contributed by atoms with Crippen LogP contribution in [-0.2, 0) is 0 Å². The second-order valence-corrected chi connectivity index (χ2v) is 5.72. The summed E-state index contributed by atoms with van der Waals surface area (Å²) in [7, 11) is 0. The zero-order valence-corrected chi connectivity index (χ0v) is 13.3. The first kappa shape index (κ1) is 15.8. The van der Waals surface area contributed by atoms with Gasteiger partial charge in [0.2, 0.25) is 0 Å². The van der Waals surface area contributed by atoms with Gasteiger partial charge in [-0.2, -0.15) is 0 Å². The summed E-state index contributed by atoms with van der Waals surface area (Å²) in [5.74, 6) is -1.78. The lowest BCUT2D eigenvalue weighted by Gasteiger charge is -2.11. The number of halogens is 3. The van der Waals surface area contributed by atoms with Crippen LogP contribution in [0.15, 0.2) is 35.1 Å². The van der Waals surface area contributed by atoms with Gasteiger partial charge in [0.05, 0.1) is 21.8 Å². The van der Waals surface area contributed by atoms with Crippen molar-refractivity contribution in [3.63, 3.8) is 0 Å². The monoisotopic (exact) mass is 388 g/mol. The summed E-state index contributed by atoms with van der Waals surface area (Å²) in [5.41, 5.74) is 0.0501. The molecule has 0 atom stereocenters. The van der Waals surface area contributed by atoms with Gasteiger partial charge in [-0.1, -0.05) is 23.2 Å². The first-order chi connectivity index (χ1) is 9.88. The van der Waals surface area contributed by atoms with Crippen LogP contribution < -0.4 is 5.32 Å². The molecule has 1 aromatic carbocycles. The van der Waals surface area contributed by atoms with E-state index in [-0.39, 0.29) is 26.9 Å². The van der Waals surface area contributed by atoms with Crippen molar-refractivity contribution < 1.29 is 14.7 Å². The third-order valence-corrected chi connectivity index (χ3v) is 3.44. The molecule has 1 heterocycles. The number of nitrogens with one attached hydrogen (secondary N) is 1. The average Bonchev–Trinajstić information content (AvgIpc) is 2.41. The summed E-state index contributed by atoms with van der Waals surface area (Å²) in [6, 6.07) is 4.11. The fourth-order valence-electron chi connectivity index (χ4n) is 1.59. The van der Waals surface area contributed by atoms with E-state index in [9.17, 15) is 9.59 Å². The van der Waals surface area contributed by atoms with Gasteiger partial charge in [-0.05, 0) is 34.1 Å². The van der Waals surface area contributed by atoms with Crippen LogP contribution >= 0.6 is 39.1 Å². The maximum atomic E-state index is 12.1. The van der Waals surface area contributed by atoms with Crippen LogP contribution in [0, 0.1) is 0 Å². The number of anilines is 1. The minimum atomic E-state index is -1.25. The minimum Gasteiger partial charge on any atom is -0.478 e. The molecule has 5 nitrogen and oxygen atoms in total. The summed E-state index contributed by atoms with van der Waals surface area (Å²) in [5, 5.41) is 11.8. The van der Waals surface area contributed by atoms with Crippen molar-refractivity contribution in [1.29, 1.82) is 0 Å². The molecule has 0 aliphatic heterocycles. The maximum Gasteiger partial charge on any atom is 0.337 e. The summed E-state index contributed by atoms with van der Waals surface area (Å²) >= 11 is 14.9. The number of benzene rings is 1. The fourth-order valence-corrected chi connectivity index (χ4v) is 2.50. The number of carbonyl (C=O) groups is 2. The highest BCUT2D eigenvalue weighted by Crippen LogP contribution is 2.30. The Bertz CT molecular complexity index is 737. The Morgan fingerprint density at radius 2 is 1.90 bits per heavy atom. The summed E-state index contributed by atoms with van der Waals surface area (Å²) in [6.45, 7) is 0. The summed E-state index contributed by atoms with van der Waals surface area (Å²) < 4.78 is 0.621. The zero-order chi connectivity index (χ0) is 15.6. The molecule has 0 aliphatic carbocycles. The van der Waals surface area contributed by atoms with E-state index in [0.717, 1.165) is 0 Å². The van der Waals surface area contributed by atoms with E-state index in [2.05, 4.69) is 26.2 Å². The molecule has 0 saturated carbocycles. The molecular formula is C13H7BrCl2N2O3. The first-order valence-corrected chi connectivity index (χ1v) is 7.07. The van der Waals surface area contributed by atoms with E-state index in [4.69, 9.17) is 28.3 Å². The molecule has 108 valence electrons. The Balaban J connectivity index is 2.39. The maximum absolute atomic E-state index is 12.1. The van der Waals surface area contributed by atoms with Crippen molar-refractivity contribution in [2.75, 3.05) is 5.32 Å². The quantitative estimate of drug-likeness (QED) is 0.828. The first-order valence-electron chi connectivity index (χ1n) is 5.52. The second kappa shape index (κ2) is 6.43. The van der Waals surface area contributed by atoms with Gasteiger partial charge in [-0.25, -0.2) is 4.79 Å². The Labute approximate surface area is 138 Å². The van der Waals surface area contributed by atoms with Crippen LogP contribution in [0.5, 0.6) is 0 Å². The standard InChI is InChI=1S/C13H7BrCl2N2O3/c14-7-1-6(4-17-5-7)12(19)18-11-9(13(20)21)2-8(15)3-10(11)16/h1-5H,(H,18,19)(H,20,21). The predicted octanol–water partition coefficient (Wildman–Crippen LogP) is 4.10. The van der Waals surface area contributed by atoms with E-state index in [1.54, 1.807) is 6.07 Å². The normalized spacial score (nSPS) is 10.2. The lowest BCUT2D eigenvalue weighted by Crippen LogP contribution is -2.15. The zero-order valence-electron chi connectivity index (χ0n) is 10.2. The van der Waals surface area contributed by atoms with Gasteiger partial charge in [0.15, 0.2) is 0 Å². The highest BCUT2D eigenvalue weighted by molar-refractivity contribution is 9.10. The molecule has 2 aromatic rings. The van der Waals surface area contributed by atoms with Crippen LogP contribution in [0.4, 0.5) is 5.69 Å². The number of rotatable bonds is 3. The van der Waals surface area contributed by atoms with E-state index >= 15 is 0 Å². The third kappa shape index (κ3) is 3.72. The second-order valence-electron chi connectivity index (χ2n) is 3.96. The third-order valence-electron chi connectivity index (χ3n) is 2.49. The SMILES string of the molecule is O=C(Nc1c(Cl)cc(Cl)cc1C(=O)O)c1cncc(Br)c1. The molecule has 0 bridgehead atoms. The van der Waals surface area contributed by atoms with Crippen molar-refractivity contribution in [1.82, 2.24) is 4.98 Å². The van der Waals surface area contributed by atoms with Crippen molar-refractivity contribution in [3.05, 3.63) is 56.2 Å². The van der Waals surface area contributed by atoms with Gasteiger partial charge >= 0.3 is 5.97 Å². The number of carboxylic acid groups (broad SMARTS) is 1. The van der Waals surface area contributed by atoms with E-state index in [1.165, 1.54) is 24.5 Å². The Kier molecular flexibility index (Phi) is 4.82. The molecule has 0 radical (unpaired) electrons. The van der Waals surface area contributed by atoms with Gasteiger partial charge in [0.1, 0.15) is 0 Å². The molecule has 0 spiro atoms. The molecule has 1 amide bonds. The molecule has 8 heteroatoms. The number of carboxylic acids is 1. The molecule has 1 aromatic heterocycles. The molecule has 2 rings (SSSR count). The Hall–Kier alpha value is -1.63. The lowest BCUT2D eigenvalue weighted by molar-refractivity contribution is 0.0698. The predicted molar refractivity (Wildman–Crippen MR) is 83.3 cm³/mol. The topological polar surface area (TPSA) is 79.3 Å². The van der Waals surface area contributed by atoms with Crippen LogP contribution in [0.1, 0.15) is 20.7 Å². The van der Waals surface area contributed by atoms with Crippen molar-refractivity contribution in [2.24, 2.45) is 0 Å². The van der Waals surface area contributed by atoms with Gasteiger partial charge in [0, 0.05) is 21.9 Å². The number of aromatic nitrogens is 1. The highest BCUT2D eigenvalue weighted by atomic mass is 79.9. The molecule has 0 unspecified atom stereocenters. The molecule has 0 aliphatic rings. The number of hydrogen-bond donors (Lipinski definition) is 2. The molecule has 0 fully saturated rings. The van der Waals surface area contributed by atoms with Crippen molar-refractivity contribution in [2.45, 2.75) is 0 Å². The summed E-state index contributed by atoms with van der Waals surface area (Å²) in [4.78, 5) is 27.2. The molecule has 0 saturated heterocycles. The van der Waals surface area contributed by atoms with Gasteiger partial charge in [-0.3, -0.25) is 9.78 Å². The summed E-state index contributed by atoms with van der Waals surface area (Å²) in [6.07, 6.45) is 2.87. The smallest absolute Gasteiger partial charge is 0.337 e. The van der Waals surface area contributed by atoms with Crippen LogP contribution in [0.3, 0.4) is 0 Å². The van der Waals surface area contributed by atoms with E-state index in [1.807, 2.05) is 0 Å². The lowest BCUT2D eigenvalue weighted by atomic mass is 10.1. The number of aromatic carboxylic acids is 1. The average molecular weight is 390 g/mol. The van der Waals surface area contributed by atoms with Crippen molar-refractivity contribution >= 4 is 56.7 Å². The number of nitrogens with zero attached hydrogens (tertiary/aromatic N) is 1. The fraction of sp³-hybridized carbons (Fsp3) is 0. The van der Waals surface area contributed by atoms with Crippen LogP contribution in [-0.4, -0.2) is 22.0 Å².